The predicted molar refractivity (Wildman–Crippen MR) is 89.2 cm³/mol. The van der Waals surface area contributed by atoms with Crippen molar-refractivity contribution in [3.05, 3.63) is 82.5 Å². The third-order valence-electron chi connectivity index (χ3n) is 4.53. The molecule has 0 saturated heterocycles. The molecule has 2 atom stereocenters. The van der Waals surface area contributed by atoms with Crippen molar-refractivity contribution in [3.63, 3.8) is 0 Å². The van der Waals surface area contributed by atoms with Gasteiger partial charge in [0.1, 0.15) is 6.61 Å². The van der Waals surface area contributed by atoms with E-state index in [1.807, 2.05) is 48.7 Å². The van der Waals surface area contributed by atoms with Gasteiger partial charge in [-0.15, -0.1) is 0 Å². The molecule has 0 fully saturated rings. The van der Waals surface area contributed by atoms with Crippen LogP contribution in [0.2, 0.25) is 5.02 Å². The first-order valence-electron chi connectivity index (χ1n) is 7.69. The van der Waals surface area contributed by atoms with Crippen molar-refractivity contribution in [1.82, 2.24) is 4.90 Å². The zero-order valence-corrected chi connectivity index (χ0v) is 13.2. The van der Waals surface area contributed by atoms with Crippen LogP contribution in [0.1, 0.15) is 35.1 Å². The number of carbonyl (C=O) groups excluding carboxylic acids is 1. The monoisotopic (exact) mass is 325 g/mol. The van der Waals surface area contributed by atoms with Gasteiger partial charge in [0.25, 0.3) is 0 Å². The first-order chi connectivity index (χ1) is 11.2. The van der Waals surface area contributed by atoms with E-state index in [0.29, 0.717) is 5.92 Å². The molecule has 1 heterocycles. The summed E-state index contributed by atoms with van der Waals surface area (Å²) in [7, 11) is 0. The Labute approximate surface area is 140 Å². The summed E-state index contributed by atoms with van der Waals surface area (Å²) < 4.78 is 5.47. The average Bonchev–Trinajstić information content (AvgIpc) is 2.88. The van der Waals surface area contributed by atoms with Gasteiger partial charge in [0.2, 0.25) is 0 Å². The Hall–Kier alpha value is -2.26. The molecule has 2 aromatic rings. The zero-order valence-electron chi connectivity index (χ0n) is 12.5. The minimum atomic E-state index is -0.332. The van der Waals surface area contributed by atoms with Crippen molar-refractivity contribution in [2.75, 3.05) is 0 Å². The van der Waals surface area contributed by atoms with Gasteiger partial charge in [-0.05, 0) is 29.2 Å². The largest absolute Gasteiger partial charge is 0.444 e. The molecule has 1 aliphatic heterocycles. The second-order valence-electron chi connectivity index (χ2n) is 5.89. The fraction of sp³-hybridized carbons (Fsp3) is 0.211. The van der Waals surface area contributed by atoms with E-state index in [2.05, 4.69) is 12.1 Å². The lowest BCUT2D eigenvalue weighted by Gasteiger charge is -2.28. The molecule has 2 bridgehead atoms. The van der Waals surface area contributed by atoms with Crippen LogP contribution < -0.4 is 0 Å². The molecular weight excluding hydrogens is 310 g/mol. The molecule has 2 aliphatic rings. The Bertz CT molecular complexity index is 772. The quantitative estimate of drug-likeness (QED) is 0.774. The first-order valence-corrected chi connectivity index (χ1v) is 8.07. The first kappa shape index (κ1) is 14.3. The van der Waals surface area contributed by atoms with Crippen LogP contribution in [-0.2, 0) is 11.3 Å². The van der Waals surface area contributed by atoms with Crippen LogP contribution in [0.5, 0.6) is 0 Å². The summed E-state index contributed by atoms with van der Waals surface area (Å²) in [4.78, 5) is 14.2. The minimum absolute atomic E-state index is 0.0306. The molecule has 116 valence electrons. The summed E-state index contributed by atoms with van der Waals surface area (Å²) in [5.74, 6) is 0.340. The molecule has 2 aromatic carbocycles. The fourth-order valence-electron chi connectivity index (χ4n) is 3.43. The number of benzene rings is 2. The van der Waals surface area contributed by atoms with Crippen LogP contribution in [0.3, 0.4) is 0 Å². The van der Waals surface area contributed by atoms with Crippen LogP contribution in [0.25, 0.3) is 0 Å². The molecular formula is C19H16ClNO2. The van der Waals surface area contributed by atoms with Gasteiger partial charge in [-0.25, -0.2) is 4.79 Å². The lowest BCUT2D eigenvalue weighted by molar-refractivity contribution is 0.0962. The number of amides is 1. The standard InChI is InChI=1S/C19H16ClNO2/c20-16-8-4-7-15-14-9-10-21(17(11-14)18(15)16)19(22)23-12-13-5-2-1-3-6-13/h1-10,14,17H,11-12H2. The molecule has 0 radical (unpaired) electrons. The van der Waals surface area contributed by atoms with Gasteiger partial charge >= 0.3 is 6.09 Å². The van der Waals surface area contributed by atoms with E-state index in [-0.39, 0.29) is 18.7 Å². The minimum Gasteiger partial charge on any atom is -0.444 e. The molecule has 0 saturated carbocycles. The Morgan fingerprint density at radius 3 is 2.83 bits per heavy atom. The molecule has 23 heavy (non-hydrogen) atoms. The molecule has 0 aromatic heterocycles. The number of halogens is 1. The second kappa shape index (κ2) is 5.74. The Balaban J connectivity index is 1.54. The Kier molecular flexibility index (Phi) is 3.58. The number of hydrogen-bond donors (Lipinski definition) is 0. The molecule has 3 nitrogen and oxygen atoms in total. The maximum Gasteiger partial charge on any atom is 0.414 e. The summed E-state index contributed by atoms with van der Waals surface area (Å²) in [6.45, 7) is 0.273. The van der Waals surface area contributed by atoms with Gasteiger partial charge in [-0.1, -0.05) is 60.1 Å². The van der Waals surface area contributed by atoms with Crippen molar-refractivity contribution >= 4 is 17.7 Å². The molecule has 0 N–H and O–H groups in total. The Morgan fingerprint density at radius 1 is 1.17 bits per heavy atom. The molecule has 4 heteroatoms. The number of ether oxygens (including phenoxy) is 1. The van der Waals surface area contributed by atoms with E-state index in [9.17, 15) is 4.79 Å². The van der Waals surface area contributed by atoms with Crippen molar-refractivity contribution in [2.45, 2.75) is 25.0 Å². The topological polar surface area (TPSA) is 29.5 Å². The van der Waals surface area contributed by atoms with Crippen molar-refractivity contribution < 1.29 is 9.53 Å². The number of carbonyl (C=O) groups is 1. The lowest BCUT2D eigenvalue weighted by atomic mass is 10.0. The average molecular weight is 326 g/mol. The van der Waals surface area contributed by atoms with Gasteiger partial charge in [-0.2, -0.15) is 0 Å². The number of allylic oxidation sites excluding steroid dienone is 1. The predicted octanol–water partition coefficient (Wildman–Crippen LogP) is 5.03. The summed E-state index contributed by atoms with van der Waals surface area (Å²) >= 11 is 6.37. The van der Waals surface area contributed by atoms with Gasteiger partial charge in [0.05, 0.1) is 6.04 Å². The third-order valence-corrected chi connectivity index (χ3v) is 4.86. The number of rotatable bonds is 2. The van der Waals surface area contributed by atoms with Gasteiger partial charge in [-0.3, -0.25) is 4.90 Å². The van der Waals surface area contributed by atoms with Gasteiger partial charge in [0.15, 0.2) is 0 Å². The summed E-state index contributed by atoms with van der Waals surface area (Å²) in [6, 6.07) is 15.6. The van der Waals surface area contributed by atoms with E-state index < -0.39 is 0 Å². The van der Waals surface area contributed by atoms with E-state index in [1.54, 1.807) is 4.90 Å². The van der Waals surface area contributed by atoms with Crippen LogP contribution in [0.4, 0.5) is 4.79 Å². The van der Waals surface area contributed by atoms with Crippen molar-refractivity contribution in [1.29, 1.82) is 0 Å². The molecule has 2 unspecified atom stereocenters. The normalized spacial score (nSPS) is 21.2. The molecule has 4 rings (SSSR count). The van der Waals surface area contributed by atoms with E-state index in [0.717, 1.165) is 22.6 Å². The third kappa shape index (κ3) is 2.51. The summed E-state index contributed by atoms with van der Waals surface area (Å²) in [5.41, 5.74) is 3.25. The summed E-state index contributed by atoms with van der Waals surface area (Å²) in [6.07, 6.45) is 4.43. The lowest BCUT2D eigenvalue weighted by Crippen LogP contribution is -2.31. The summed E-state index contributed by atoms with van der Waals surface area (Å²) in [5, 5.41) is 0.722. The SMILES string of the molecule is O=C(OCc1ccccc1)N1C=CC2CC1c1c(Cl)cccc12. The maximum atomic E-state index is 12.5. The highest BCUT2D eigenvalue weighted by atomic mass is 35.5. The fourth-order valence-corrected chi connectivity index (χ4v) is 3.74. The highest BCUT2D eigenvalue weighted by Gasteiger charge is 2.39. The number of nitrogens with zero attached hydrogens (tertiary/aromatic N) is 1. The number of fused-ring (bicyclic) bond motifs is 5. The second-order valence-corrected chi connectivity index (χ2v) is 6.30. The van der Waals surface area contributed by atoms with E-state index in [1.165, 1.54) is 5.56 Å². The van der Waals surface area contributed by atoms with Crippen molar-refractivity contribution in [3.8, 4) is 0 Å². The van der Waals surface area contributed by atoms with Gasteiger partial charge in [0, 0.05) is 17.1 Å². The zero-order chi connectivity index (χ0) is 15.8. The van der Waals surface area contributed by atoms with E-state index >= 15 is 0 Å². The van der Waals surface area contributed by atoms with Crippen LogP contribution in [-0.4, -0.2) is 11.0 Å². The highest BCUT2D eigenvalue weighted by molar-refractivity contribution is 6.31. The molecule has 1 aliphatic carbocycles. The van der Waals surface area contributed by atoms with Crippen molar-refractivity contribution in [2.24, 2.45) is 0 Å². The van der Waals surface area contributed by atoms with Crippen LogP contribution in [0, 0.1) is 0 Å². The highest BCUT2D eigenvalue weighted by Crippen LogP contribution is 2.50. The smallest absolute Gasteiger partial charge is 0.414 e. The van der Waals surface area contributed by atoms with Crippen LogP contribution >= 0.6 is 11.6 Å². The molecule has 0 spiro atoms. The van der Waals surface area contributed by atoms with E-state index in [4.69, 9.17) is 16.3 Å². The molecule has 1 amide bonds. The maximum absolute atomic E-state index is 12.5. The Morgan fingerprint density at radius 2 is 2.00 bits per heavy atom. The number of hydrogen-bond acceptors (Lipinski definition) is 2. The van der Waals surface area contributed by atoms with Crippen LogP contribution in [0.15, 0.2) is 60.8 Å². The van der Waals surface area contributed by atoms with Gasteiger partial charge < -0.3 is 4.74 Å².